The van der Waals surface area contributed by atoms with Gasteiger partial charge in [0.1, 0.15) is 17.6 Å². The molecule has 10 heteroatoms. The van der Waals surface area contributed by atoms with Crippen molar-refractivity contribution in [1.29, 1.82) is 0 Å². The number of aromatic nitrogens is 1. The lowest BCUT2D eigenvalue weighted by molar-refractivity contribution is -0.129. The number of ether oxygens (including phenoxy) is 1. The molecule has 4 aromatic rings. The van der Waals surface area contributed by atoms with E-state index in [2.05, 4.69) is 9.71 Å². The Labute approximate surface area is 202 Å². The lowest BCUT2D eigenvalue weighted by Gasteiger charge is -2.19. The van der Waals surface area contributed by atoms with Crippen LogP contribution in [0.25, 0.3) is 21.5 Å². The topological polar surface area (TPSA) is 141 Å². The zero-order valence-electron chi connectivity index (χ0n) is 19.1. The van der Waals surface area contributed by atoms with Crippen LogP contribution in [-0.4, -0.2) is 43.9 Å². The number of fused-ring (bicyclic) bond motifs is 2. The summed E-state index contributed by atoms with van der Waals surface area (Å²) in [5.41, 5.74) is 13.5. The van der Waals surface area contributed by atoms with Crippen LogP contribution < -0.4 is 20.9 Å². The maximum Gasteiger partial charge on any atom is 0.241 e. The van der Waals surface area contributed by atoms with Crippen LogP contribution in [0, 0.1) is 0 Å². The minimum absolute atomic E-state index is 0.0891. The standard InChI is InChI=1S/C25H25N5O4S/c1-34-19-4-2-15-3-5-20(11-17(15)10-19)35(32,33)29-23-7-9-30(25(23)31)14-18-12-21-16(13-22(18)26)6-8-28-24(21)27/h2-6,8,10-13,23,29H,7,9,14,26H2,1H3,(H2,27,28). The van der Waals surface area contributed by atoms with E-state index >= 15 is 0 Å². The second kappa shape index (κ2) is 8.71. The van der Waals surface area contributed by atoms with Crippen molar-refractivity contribution in [3.63, 3.8) is 0 Å². The Balaban J connectivity index is 1.34. The second-order valence-electron chi connectivity index (χ2n) is 8.57. The molecule has 1 aliphatic heterocycles. The van der Waals surface area contributed by atoms with E-state index in [-0.39, 0.29) is 17.3 Å². The molecule has 1 unspecified atom stereocenters. The Morgan fingerprint density at radius 2 is 1.86 bits per heavy atom. The summed E-state index contributed by atoms with van der Waals surface area (Å²) in [5.74, 6) is 0.719. The van der Waals surface area contributed by atoms with Gasteiger partial charge < -0.3 is 21.1 Å². The number of amides is 1. The number of carbonyl (C=O) groups excluding carboxylic acids is 1. The van der Waals surface area contributed by atoms with E-state index in [1.807, 2.05) is 24.3 Å². The molecular weight excluding hydrogens is 466 g/mol. The molecule has 0 saturated carbocycles. The van der Waals surface area contributed by atoms with E-state index in [1.54, 1.807) is 42.5 Å². The van der Waals surface area contributed by atoms with Crippen molar-refractivity contribution in [3.8, 4) is 5.75 Å². The van der Waals surface area contributed by atoms with Gasteiger partial charge in [0.25, 0.3) is 0 Å². The molecule has 5 N–H and O–H groups in total. The van der Waals surface area contributed by atoms with Crippen molar-refractivity contribution < 1.29 is 17.9 Å². The highest BCUT2D eigenvalue weighted by Gasteiger charge is 2.35. The van der Waals surface area contributed by atoms with E-state index in [9.17, 15) is 13.2 Å². The van der Waals surface area contributed by atoms with Gasteiger partial charge in [-0.3, -0.25) is 4.79 Å². The summed E-state index contributed by atoms with van der Waals surface area (Å²) in [5, 5.41) is 3.24. The van der Waals surface area contributed by atoms with E-state index < -0.39 is 16.1 Å². The molecule has 1 aliphatic rings. The van der Waals surface area contributed by atoms with Gasteiger partial charge in [-0.2, -0.15) is 4.72 Å². The number of carbonyl (C=O) groups is 1. The Morgan fingerprint density at radius 1 is 1.06 bits per heavy atom. The van der Waals surface area contributed by atoms with Crippen LogP contribution in [0.4, 0.5) is 11.5 Å². The summed E-state index contributed by atoms with van der Waals surface area (Å²) in [6.07, 6.45) is 1.97. The first kappa shape index (κ1) is 22.9. The number of nitrogens with zero attached hydrogens (tertiary/aromatic N) is 2. The number of nitrogens with one attached hydrogen (secondary N) is 1. The number of rotatable bonds is 6. The number of sulfonamides is 1. The van der Waals surface area contributed by atoms with Crippen molar-refractivity contribution in [2.45, 2.75) is 23.9 Å². The van der Waals surface area contributed by atoms with Crippen LogP contribution in [0.2, 0.25) is 0 Å². The molecule has 9 nitrogen and oxygen atoms in total. The number of pyridine rings is 1. The molecule has 180 valence electrons. The van der Waals surface area contributed by atoms with Gasteiger partial charge in [0.05, 0.1) is 12.0 Å². The lowest BCUT2D eigenvalue weighted by Crippen LogP contribution is -2.41. The predicted molar refractivity (Wildman–Crippen MR) is 135 cm³/mol. The highest BCUT2D eigenvalue weighted by molar-refractivity contribution is 7.89. The Kier molecular flexibility index (Phi) is 5.70. The van der Waals surface area contributed by atoms with Crippen molar-refractivity contribution in [3.05, 3.63) is 66.4 Å². The summed E-state index contributed by atoms with van der Waals surface area (Å²) < 4.78 is 34.0. The average molecular weight is 492 g/mol. The molecule has 0 aliphatic carbocycles. The molecule has 35 heavy (non-hydrogen) atoms. The normalized spacial score (nSPS) is 16.3. The van der Waals surface area contributed by atoms with Crippen LogP contribution >= 0.6 is 0 Å². The smallest absolute Gasteiger partial charge is 0.241 e. The molecular formula is C25H25N5O4S. The van der Waals surface area contributed by atoms with Gasteiger partial charge >= 0.3 is 0 Å². The number of benzene rings is 3. The minimum atomic E-state index is -3.91. The lowest BCUT2D eigenvalue weighted by atomic mass is 10.1. The number of hydrogen-bond donors (Lipinski definition) is 3. The zero-order chi connectivity index (χ0) is 24.7. The van der Waals surface area contributed by atoms with Crippen molar-refractivity contribution in [2.75, 3.05) is 25.1 Å². The van der Waals surface area contributed by atoms with Gasteiger partial charge in [0.15, 0.2) is 0 Å². The fourth-order valence-electron chi connectivity index (χ4n) is 4.41. The monoisotopic (exact) mass is 491 g/mol. The summed E-state index contributed by atoms with van der Waals surface area (Å²) in [4.78, 5) is 18.9. The molecule has 1 amide bonds. The first-order valence-electron chi connectivity index (χ1n) is 11.1. The van der Waals surface area contributed by atoms with Gasteiger partial charge in [0, 0.05) is 30.4 Å². The van der Waals surface area contributed by atoms with Crippen LogP contribution in [0.15, 0.2) is 65.7 Å². The molecule has 1 atom stereocenters. The molecule has 0 spiro atoms. The zero-order valence-corrected chi connectivity index (χ0v) is 19.9. The van der Waals surface area contributed by atoms with Crippen LogP contribution in [-0.2, 0) is 21.4 Å². The highest BCUT2D eigenvalue weighted by atomic mass is 32.2. The third-order valence-corrected chi connectivity index (χ3v) is 7.81. The van der Waals surface area contributed by atoms with E-state index in [0.717, 1.165) is 27.1 Å². The molecule has 1 aromatic heterocycles. The molecule has 0 bridgehead atoms. The quantitative estimate of drug-likeness (QED) is 0.352. The molecule has 2 heterocycles. The summed E-state index contributed by atoms with van der Waals surface area (Å²) in [6.45, 7) is 0.657. The fourth-order valence-corrected chi connectivity index (χ4v) is 5.66. The van der Waals surface area contributed by atoms with Gasteiger partial charge in [-0.05, 0) is 70.6 Å². The summed E-state index contributed by atoms with van der Waals surface area (Å²) in [7, 11) is -2.36. The van der Waals surface area contributed by atoms with E-state index in [0.29, 0.717) is 30.2 Å². The number of likely N-dealkylation sites (tertiary alicyclic amines) is 1. The average Bonchev–Trinajstić information content (AvgIpc) is 3.17. The minimum Gasteiger partial charge on any atom is -0.497 e. The molecule has 1 fully saturated rings. The Morgan fingerprint density at radius 3 is 2.66 bits per heavy atom. The summed E-state index contributed by atoms with van der Waals surface area (Å²) in [6, 6.07) is 14.9. The summed E-state index contributed by atoms with van der Waals surface area (Å²) >= 11 is 0. The predicted octanol–water partition coefficient (Wildman–Crippen LogP) is 2.64. The largest absolute Gasteiger partial charge is 0.497 e. The van der Waals surface area contributed by atoms with Gasteiger partial charge in [-0.1, -0.05) is 12.1 Å². The third-order valence-electron chi connectivity index (χ3n) is 6.34. The number of nitrogens with two attached hydrogens (primary N) is 2. The molecule has 1 saturated heterocycles. The van der Waals surface area contributed by atoms with Gasteiger partial charge in [-0.25, -0.2) is 13.4 Å². The van der Waals surface area contributed by atoms with Crippen LogP contribution in [0.3, 0.4) is 0 Å². The first-order chi connectivity index (χ1) is 16.7. The maximum absolute atomic E-state index is 13.1. The number of hydrogen-bond acceptors (Lipinski definition) is 7. The highest BCUT2D eigenvalue weighted by Crippen LogP contribution is 2.28. The van der Waals surface area contributed by atoms with E-state index in [1.165, 1.54) is 6.07 Å². The van der Waals surface area contributed by atoms with Gasteiger partial charge in [-0.15, -0.1) is 0 Å². The van der Waals surface area contributed by atoms with Crippen LogP contribution in [0.1, 0.15) is 12.0 Å². The maximum atomic E-state index is 13.1. The molecule has 0 radical (unpaired) electrons. The Hall–Kier alpha value is -3.89. The van der Waals surface area contributed by atoms with E-state index in [4.69, 9.17) is 16.2 Å². The van der Waals surface area contributed by atoms with Crippen molar-refractivity contribution in [2.24, 2.45) is 0 Å². The third kappa shape index (κ3) is 4.33. The number of nitrogen functional groups attached to an aromatic ring is 2. The number of methoxy groups -OCH3 is 1. The van der Waals surface area contributed by atoms with Gasteiger partial charge in [0.2, 0.25) is 15.9 Å². The van der Waals surface area contributed by atoms with Crippen LogP contribution in [0.5, 0.6) is 5.75 Å². The SMILES string of the molecule is COc1ccc2ccc(S(=O)(=O)NC3CCN(Cc4cc5c(N)nccc5cc4N)C3=O)cc2c1. The number of anilines is 2. The molecule has 3 aromatic carbocycles. The second-order valence-corrected chi connectivity index (χ2v) is 10.3. The Bertz CT molecular complexity index is 1570. The van der Waals surface area contributed by atoms with Crippen molar-refractivity contribution >= 4 is 49.0 Å². The fraction of sp³-hybridized carbons (Fsp3) is 0.200. The van der Waals surface area contributed by atoms with Crippen molar-refractivity contribution in [1.82, 2.24) is 14.6 Å². The first-order valence-corrected chi connectivity index (χ1v) is 12.5. The molecule has 5 rings (SSSR count).